The minimum absolute atomic E-state index is 0.281. The molecule has 0 unspecified atom stereocenters. The van der Waals surface area contributed by atoms with Gasteiger partial charge in [0.05, 0.1) is 10.6 Å². The second kappa shape index (κ2) is 5.56. The normalized spacial score (nSPS) is 10.9. The zero-order valence-corrected chi connectivity index (χ0v) is 10.5. The molecule has 78 valence electrons. The van der Waals surface area contributed by atoms with E-state index in [1.165, 1.54) is 0 Å². The largest absolute Gasteiger partial charge is 0.292 e. The third-order valence-corrected chi connectivity index (χ3v) is 4.23. The fourth-order valence-corrected chi connectivity index (χ4v) is 2.99. The van der Waals surface area contributed by atoms with Crippen molar-refractivity contribution in [3.63, 3.8) is 0 Å². The first-order valence-corrected chi connectivity index (χ1v) is 6.79. The lowest BCUT2D eigenvalue weighted by Crippen LogP contribution is -2.03. The zero-order valence-electron chi connectivity index (χ0n) is 8.87. The second-order valence-corrected chi connectivity index (χ2v) is 5.71. The lowest BCUT2D eigenvalue weighted by molar-refractivity contribution is 0.102. The van der Waals surface area contributed by atoms with Crippen LogP contribution in [0.3, 0.4) is 0 Å². The quantitative estimate of drug-likeness (QED) is 0.716. The van der Waals surface area contributed by atoms with Crippen LogP contribution in [0.15, 0.2) is 11.4 Å². The number of rotatable bonds is 5. The van der Waals surface area contributed by atoms with E-state index in [4.69, 9.17) is 0 Å². The first-order valence-electron chi connectivity index (χ1n) is 4.76. The van der Waals surface area contributed by atoms with E-state index >= 15 is 0 Å². The minimum atomic E-state index is 0.281. The van der Waals surface area contributed by atoms with Gasteiger partial charge in [0.1, 0.15) is 0 Å². The average molecular weight is 228 g/mol. The topological polar surface area (TPSA) is 17.1 Å². The van der Waals surface area contributed by atoms with Crippen molar-refractivity contribution < 1.29 is 4.79 Å². The number of Topliss-reactive ketones (excluding diaryl/α,β-unsaturated/α-hetero) is 1. The predicted molar refractivity (Wildman–Crippen MR) is 65.5 cm³/mol. The van der Waals surface area contributed by atoms with Crippen molar-refractivity contribution in [2.24, 2.45) is 5.92 Å². The Morgan fingerprint density at radius 2 is 2.29 bits per heavy atom. The van der Waals surface area contributed by atoms with Crippen molar-refractivity contribution in [3.05, 3.63) is 21.9 Å². The van der Waals surface area contributed by atoms with Crippen molar-refractivity contribution in [3.8, 4) is 0 Å². The first-order chi connectivity index (χ1) is 6.61. The fourth-order valence-electron chi connectivity index (χ4n) is 1.11. The Morgan fingerprint density at radius 1 is 1.57 bits per heavy atom. The molecule has 1 aromatic heterocycles. The van der Waals surface area contributed by atoms with Gasteiger partial charge >= 0.3 is 0 Å². The van der Waals surface area contributed by atoms with Gasteiger partial charge in [0, 0.05) is 0 Å². The summed E-state index contributed by atoms with van der Waals surface area (Å²) in [5.74, 6) is 2.63. The summed E-state index contributed by atoms with van der Waals surface area (Å²) in [6.07, 6.45) is 0. The van der Waals surface area contributed by atoms with Gasteiger partial charge in [0.25, 0.3) is 0 Å². The van der Waals surface area contributed by atoms with Gasteiger partial charge in [0.15, 0.2) is 5.78 Å². The summed E-state index contributed by atoms with van der Waals surface area (Å²) in [5, 5.41) is 1.98. The Kier molecular flexibility index (Phi) is 4.69. The Balaban J connectivity index is 2.40. The highest BCUT2D eigenvalue weighted by atomic mass is 32.2. The van der Waals surface area contributed by atoms with Crippen LogP contribution in [-0.2, 0) is 0 Å². The summed E-state index contributed by atoms with van der Waals surface area (Å²) in [6, 6.07) is 2.00. The van der Waals surface area contributed by atoms with E-state index in [0.29, 0.717) is 11.7 Å². The number of aryl methyl sites for hydroxylation is 1. The number of hydrogen-bond donors (Lipinski definition) is 0. The van der Waals surface area contributed by atoms with Gasteiger partial charge in [-0.3, -0.25) is 4.79 Å². The average Bonchev–Trinajstić information content (AvgIpc) is 2.50. The van der Waals surface area contributed by atoms with Gasteiger partial charge in [-0.2, -0.15) is 11.8 Å². The fraction of sp³-hybridized carbons (Fsp3) is 0.545. The number of carbonyl (C=O) groups excluding carboxylic acids is 1. The standard InChI is InChI=1S/C11H16OS2/c1-8(2)6-13-7-10(12)11-9(3)4-5-14-11/h4-5,8H,6-7H2,1-3H3. The number of carbonyl (C=O) groups is 1. The summed E-state index contributed by atoms with van der Waals surface area (Å²) >= 11 is 3.29. The third-order valence-electron chi connectivity index (χ3n) is 1.80. The molecule has 14 heavy (non-hydrogen) atoms. The van der Waals surface area contributed by atoms with Crippen molar-refractivity contribution in [1.29, 1.82) is 0 Å². The van der Waals surface area contributed by atoms with E-state index in [2.05, 4.69) is 13.8 Å². The first kappa shape index (κ1) is 11.8. The van der Waals surface area contributed by atoms with Crippen LogP contribution in [0.2, 0.25) is 0 Å². The van der Waals surface area contributed by atoms with Crippen molar-refractivity contribution >= 4 is 28.9 Å². The maximum atomic E-state index is 11.7. The van der Waals surface area contributed by atoms with Gasteiger partial charge < -0.3 is 0 Å². The van der Waals surface area contributed by atoms with Gasteiger partial charge in [-0.25, -0.2) is 0 Å². The zero-order chi connectivity index (χ0) is 10.6. The molecule has 0 aromatic carbocycles. The Morgan fingerprint density at radius 3 is 2.79 bits per heavy atom. The van der Waals surface area contributed by atoms with Crippen LogP contribution in [0.25, 0.3) is 0 Å². The van der Waals surface area contributed by atoms with E-state index in [1.54, 1.807) is 23.1 Å². The number of thioether (sulfide) groups is 1. The van der Waals surface area contributed by atoms with E-state index in [-0.39, 0.29) is 5.78 Å². The molecule has 3 heteroatoms. The van der Waals surface area contributed by atoms with Gasteiger partial charge in [0.2, 0.25) is 0 Å². The second-order valence-electron chi connectivity index (χ2n) is 3.76. The van der Waals surface area contributed by atoms with Gasteiger partial charge in [-0.1, -0.05) is 13.8 Å². The van der Waals surface area contributed by atoms with Crippen LogP contribution >= 0.6 is 23.1 Å². The molecular formula is C11H16OS2. The molecule has 1 rings (SSSR count). The summed E-state index contributed by atoms with van der Waals surface area (Å²) in [4.78, 5) is 12.6. The van der Waals surface area contributed by atoms with Crippen molar-refractivity contribution in [1.82, 2.24) is 0 Å². The van der Waals surface area contributed by atoms with Crippen molar-refractivity contribution in [2.45, 2.75) is 20.8 Å². The summed E-state index contributed by atoms with van der Waals surface area (Å²) < 4.78 is 0. The van der Waals surface area contributed by atoms with Crippen LogP contribution in [-0.4, -0.2) is 17.3 Å². The van der Waals surface area contributed by atoms with E-state index < -0.39 is 0 Å². The van der Waals surface area contributed by atoms with Gasteiger partial charge in [-0.05, 0) is 35.6 Å². The number of ketones is 1. The maximum absolute atomic E-state index is 11.7. The molecule has 0 aliphatic heterocycles. The molecule has 1 heterocycles. The lowest BCUT2D eigenvalue weighted by atomic mass is 10.2. The highest BCUT2D eigenvalue weighted by Gasteiger charge is 2.10. The van der Waals surface area contributed by atoms with Crippen LogP contribution in [0, 0.1) is 12.8 Å². The number of thiophene rings is 1. The third kappa shape index (κ3) is 3.46. The Bertz CT molecular complexity index is 302. The highest BCUT2D eigenvalue weighted by molar-refractivity contribution is 8.00. The van der Waals surface area contributed by atoms with Gasteiger partial charge in [-0.15, -0.1) is 11.3 Å². The minimum Gasteiger partial charge on any atom is -0.292 e. The molecule has 0 radical (unpaired) electrons. The molecule has 1 aromatic rings. The molecule has 0 saturated heterocycles. The molecule has 0 amide bonds. The van der Waals surface area contributed by atoms with Crippen molar-refractivity contribution in [2.75, 3.05) is 11.5 Å². The van der Waals surface area contributed by atoms with E-state index in [0.717, 1.165) is 16.2 Å². The highest BCUT2D eigenvalue weighted by Crippen LogP contribution is 2.18. The lowest BCUT2D eigenvalue weighted by Gasteiger charge is -2.03. The van der Waals surface area contributed by atoms with Crippen LogP contribution in [0.4, 0.5) is 0 Å². The SMILES string of the molecule is Cc1ccsc1C(=O)CSCC(C)C. The van der Waals surface area contributed by atoms with Crippen LogP contribution in [0.5, 0.6) is 0 Å². The molecule has 0 saturated carbocycles. The number of hydrogen-bond acceptors (Lipinski definition) is 3. The molecule has 1 nitrogen and oxygen atoms in total. The Labute approximate surface area is 93.9 Å². The molecule has 0 aliphatic carbocycles. The molecule has 0 bridgehead atoms. The summed E-state index contributed by atoms with van der Waals surface area (Å²) in [6.45, 7) is 6.35. The molecule has 0 aliphatic rings. The smallest absolute Gasteiger partial charge is 0.182 e. The van der Waals surface area contributed by atoms with Crippen LogP contribution in [0.1, 0.15) is 29.1 Å². The molecule has 0 N–H and O–H groups in total. The summed E-state index contributed by atoms with van der Waals surface area (Å²) in [7, 11) is 0. The van der Waals surface area contributed by atoms with Crippen LogP contribution < -0.4 is 0 Å². The molecular weight excluding hydrogens is 212 g/mol. The maximum Gasteiger partial charge on any atom is 0.182 e. The van der Waals surface area contributed by atoms with E-state index in [9.17, 15) is 4.79 Å². The monoisotopic (exact) mass is 228 g/mol. The molecule has 0 fully saturated rings. The van der Waals surface area contributed by atoms with E-state index in [1.807, 2.05) is 18.4 Å². The Hall–Kier alpha value is -0.280. The summed E-state index contributed by atoms with van der Waals surface area (Å²) in [5.41, 5.74) is 1.12. The molecule has 0 spiro atoms. The molecule has 0 atom stereocenters. The predicted octanol–water partition coefficient (Wildman–Crippen LogP) is 3.63.